The first-order valence-electron chi connectivity index (χ1n) is 21.5. The Hall–Kier alpha value is -2.59. The van der Waals surface area contributed by atoms with Crippen LogP contribution >= 0.6 is 7.82 Å². The van der Waals surface area contributed by atoms with Gasteiger partial charge in [0.15, 0.2) is 6.10 Å². The van der Waals surface area contributed by atoms with Crippen molar-refractivity contribution < 1.29 is 42.3 Å². The number of esters is 2. The number of ether oxygens (including phenoxy) is 3. The number of unbranched alkanes of at least 4 members (excludes halogenated alkanes) is 10. The second kappa shape index (κ2) is 36.7. The number of rotatable bonds is 38. The summed E-state index contributed by atoms with van der Waals surface area (Å²) in [5, 5.41) is 0. The molecule has 1 heterocycles. The van der Waals surface area contributed by atoms with Gasteiger partial charge in [-0.05, 0) is 77.0 Å². The number of carbonyl (C=O) groups excluding carboxylic acids is 2. The molecule has 0 aromatic carbocycles. The maximum atomic E-state index is 12.6. The number of phosphoric ester groups is 1. The van der Waals surface area contributed by atoms with Crippen LogP contribution in [0.2, 0.25) is 0 Å². The summed E-state index contributed by atoms with van der Waals surface area (Å²) < 4.78 is 38.4. The van der Waals surface area contributed by atoms with Crippen molar-refractivity contribution in [3.8, 4) is 0 Å². The fourth-order valence-electron chi connectivity index (χ4n) is 5.68. The summed E-state index contributed by atoms with van der Waals surface area (Å²) in [7, 11) is -4.40. The van der Waals surface area contributed by atoms with Gasteiger partial charge in [0.2, 0.25) is 0 Å². The molecule has 0 spiro atoms. The van der Waals surface area contributed by atoms with Gasteiger partial charge in [-0.3, -0.25) is 18.6 Å². The average Bonchev–Trinajstić information content (AvgIpc) is 3.94. The summed E-state index contributed by atoms with van der Waals surface area (Å²) in [4.78, 5) is 34.8. The molecule has 1 rings (SSSR count). The van der Waals surface area contributed by atoms with Crippen molar-refractivity contribution in [1.82, 2.24) is 0 Å². The van der Waals surface area contributed by atoms with E-state index >= 15 is 0 Å². The molecule has 4 atom stereocenters. The van der Waals surface area contributed by atoms with Crippen molar-refractivity contribution in [1.29, 1.82) is 0 Å². The van der Waals surface area contributed by atoms with Crippen LogP contribution in [0.1, 0.15) is 155 Å². The van der Waals surface area contributed by atoms with Crippen LogP contribution in [-0.4, -0.2) is 61.5 Å². The molecule has 3 N–H and O–H groups in total. The van der Waals surface area contributed by atoms with Gasteiger partial charge < -0.3 is 24.8 Å². The Bertz CT molecular complexity index is 1210. The zero-order valence-corrected chi connectivity index (χ0v) is 35.7. The zero-order chi connectivity index (χ0) is 40.8. The van der Waals surface area contributed by atoms with Gasteiger partial charge in [-0.15, -0.1) is 0 Å². The highest BCUT2D eigenvalue weighted by atomic mass is 31.2. The molecular formula is C45H76NO9P. The third-order valence-electron chi connectivity index (χ3n) is 9.00. The fraction of sp³-hybridized carbons (Fsp3) is 0.689. The predicted octanol–water partition coefficient (Wildman–Crippen LogP) is 11.3. The van der Waals surface area contributed by atoms with E-state index in [1.807, 2.05) is 12.2 Å². The Morgan fingerprint density at radius 3 is 1.84 bits per heavy atom. The third kappa shape index (κ3) is 33.5. The van der Waals surface area contributed by atoms with Gasteiger partial charge >= 0.3 is 19.8 Å². The maximum absolute atomic E-state index is 12.6. The minimum absolute atomic E-state index is 0.0358. The molecule has 56 heavy (non-hydrogen) atoms. The van der Waals surface area contributed by atoms with Crippen LogP contribution in [0.15, 0.2) is 72.9 Å². The van der Waals surface area contributed by atoms with Crippen LogP contribution in [-0.2, 0) is 37.4 Å². The summed E-state index contributed by atoms with van der Waals surface area (Å²) in [5.41, 5.74) is 5.34. The average molecular weight is 806 g/mol. The maximum Gasteiger partial charge on any atom is 0.472 e. The van der Waals surface area contributed by atoms with Crippen molar-refractivity contribution in [2.45, 2.75) is 173 Å². The Balaban J connectivity index is 2.25. The number of carbonyl (C=O) groups is 2. The largest absolute Gasteiger partial charge is 0.472 e. The SMILES string of the molecule is CCCCC/C=C\C/C=C\C/C=C\C/C=C\C/C=C\CCC(=O)OC[C@H](COP(=O)(O)OCCN)OC(=O)CCCCCCC/C=C\CC1OC1CCCCC. The Labute approximate surface area is 339 Å². The lowest BCUT2D eigenvalue weighted by atomic mass is 10.1. The van der Waals surface area contributed by atoms with Gasteiger partial charge in [0.25, 0.3) is 0 Å². The summed E-state index contributed by atoms with van der Waals surface area (Å²) in [5.74, 6) is -0.953. The Kier molecular flexibility index (Phi) is 33.7. The second-order valence-electron chi connectivity index (χ2n) is 14.2. The number of hydrogen-bond donors (Lipinski definition) is 2. The highest BCUT2D eigenvalue weighted by Gasteiger charge is 2.36. The molecule has 10 nitrogen and oxygen atoms in total. The van der Waals surface area contributed by atoms with Crippen molar-refractivity contribution in [3.63, 3.8) is 0 Å². The normalized spacial score (nSPS) is 17.6. The number of allylic oxidation sites excluding steroid dienone is 11. The van der Waals surface area contributed by atoms with Crippen LogP contribution in [0.5, 0.6) is 0 Å². The van der Waals surface area contributed by atoms with Gasteiger partial charge in [0.05, 0.1) is 25.4 Å². The van der Waals surface area contributed by atoms with E-state index in [-0.39, 0.29) is 32.6 Å². The molecule has 3 unspecified atom stereocenters. The zero-order valence-electron chi connectivity index (χ0n) is 34.8. The van der Waals surface area contributed by atoms with Gasteiger partial charge in [0.1, 0.15) is 6.61 Å². The molecule has 0 radical (unpaired) electrons. The molecule has 1 saturated heterocycles. The molecule has 1 aliphatic rings. The standard InChI is InChI=1S/C45H76NO9P/c1-3-5-7-8-9-10-11-12-13-14-15-16-17-18-19-20-24-27-31-35-44(47)51-39-41(40-53-56(49,50)52-38-37-46)54-45(48)36-32-28-25-22-21-23-26-30-34-43-42(55-43)33-29-6-4-2/h9-10,12-13,15-16,18-19,24,26-27,30,41-43H,3-8,11,14,17,20-23,25,28-29,31-40,46H2,1-2H3,(H,49,50)/b10-9-,13-12-,16-15-,19-18-,27-24-,30-26-/t41-,42?,43?/m1/s1. The van der Waals surface area contributed by atoms with Crippen molar-refractivity contribution in [3.05, 3.63) is 72.9 Å². The number of nitrogens with two attached hydrogens (primary N) is 1. The lowest BCUT2D eigenvalue weighted by Crippen LogP contribution is -2.29. The molecule has 0 aliphatic carbocycles. The van der Waals surface area contributed by atoms with Crippen LogP contribution in [0.25, 0.3) is 0 Å². The van der Waals surface area contributed by atoms with E-state index in [0.29, 0.717) is 25.0 Å². The van der Waals surface area contributed by atoms with Crippen molar-refractivity contribution in [2.75, 3.05) is 26.4 Å². The molecule has 0 bridgehead atoms. The summed E-state index contributed by atoms with van der Waals surface area (Å²) in [6.45, 7) is 3.54. The van der Waals surface area contributed by atoms with Crippen molar-refractivity contribution >= 4 is 19.8 Å². The van der Waals surface area contributed by atoms with E-state index in [1.165, 1.54) is 51.4 Å². The number of epoxide rings is 1. The van der Waals surface area contributed by atoms with E-state index < -0.39 is 32.5 Å². The number of hydrogen-bond acceptors (Lipinski definition) is 9. The monoisotopic (exact) mass is 806 g/mol. The van der Waals surface area contributed by atoms with Crippen LogP contribution in [0.4, 0.5) is 0 Å². The molecule has 11 heteroatoms. The van der Waals surface area contributed by atoms with Gasteiger partial charge in [0, 0.05) is 19.4 Å². The topological polar surface area (TPSA) is 147 Å². The molecule has 1 aliphatic heterocycles. The molecular weight excluding hydrogens is 729 g/mol. The highest BCUT2D eigenvalue weighted by molar-refractivity contribution is 7.47. The molecule has 0 amide bonds. The van der Waals surface area contributed by atoms with Gasteiger partial charge in [-0.1, -0.05) is 138 Å². The fourth-order valence-corrected chi connectivity index (χ4v) is 6.45. The molecule has 0 aromatic heterocycles. The summed E-state index contributed by atoms with van der Waals surface area (Å²) in [6.07, 6.45) is 46.9. The minimum Gasteiger partial charge on any atom is -0.462 e. The first kappa shape index (κ1) is 51.4. The first-order chi connectivity index (χ1) is 27.3. The second-order valence-corrected chi connectivity index (χ2v) is 15.7. The highest BCUT2D eigenvalue weighted by Crippen LogP contribution is 2.43. The smallest absolute Gasteiger partial charge is 0.462 e. The van der Waals surface area contributed by atoms with Crippen LogP contribution in [0, 0.1) is 0 Å². The van der Waals surface area contributed by atoms with Crippen molar-refractivity contribution in [2.24, 2.45) is 5.73 Å². The van der Waals surface area contributed by atoms with Gasteiger partial charge in [-0.25, -0.2) is 4.57 Å². The first-order valence-corrected chi connectivity index (χ1v) is 23.0. The van der Waals surface area contributed by atoms with E-state index in [9.17, 15) is 19.0 Å². The summed E-state index contributed by atoms with van der Waals surface area (Å²) >= 11 is 0. The Morgan fingerprint density at radius 2 is 1.20 bits per heavy atom. The van der Waals surface area contributed by atoms with Crippen LogP contribution in [0.3, 0.4) is 0 Å². The molecule has 1 fully saturated rings. The van der Waals surface area contributed by atoms with Crippen LogP contribution < -0.4 is 5.73 Å². The van der Waals surface area contributed by atoms with E-state index in [0.717, 1.165) is 64.2 Å². The minimum atomic E-state index is -4.40. The third-order valence-corrected chi connectivity index (χ3v) is 9.99. The quantitative estimate of drug-likeness (QED) is 0.0203. The predicted molar refractivity (Wildman–Crippen MR) is 228 cm³/mol. The molecule has 0 saturated carbocycles. The van der Waals surface area contributed by atoms with Gasteiger partial charge in [-0.2, -0.15) is 0 Å². The van der Waals surface area contributed by atoms with E-state index in [4.69, 9.17) is 29.0 Å². The van der Waals surface area contributed by atoms with E-state index in [2.05, 4.69) is 74.6 Å². The Morgan fingerprint density at radius 1 is 0.643 bits per heavy atom. The summed E-state index contributed by atoms with van der Waals surface area (Å²) in [6, 6.07) is 0. The lowest BCUT2D eigenvalue weighted by Gasteiger charge is -2.19. The molecule has 0 aromatic rings. The number of phosphoric acid groups is 1. The van der Waals surface area contributed by atoms with E-state index in [1.54, 1.807) is 0 Å². The lowest BCUT2D eigenvalue weighted by molar-refractivity contribution is -0.161. The molecule has 320 valence electrons.